The summed E-state index contributed by atoms with van der Waals surface area (Å²) in [6, 6.07) is 6.43. The van der Waals surface area contributed by atoms with E-state index in [1.54, 1.807) is 24.3 Å². The number of sulfonamides is 1. The maximum absolute atomic E-state index is 12.8. The number of piperidine rings is 1. The van der Waals surface area contributed by atoms with Gasteiger partial charge in [0, 0.05) is 31.1 Å². The number of ether oxygens (including phenoxy) is 1. The van der Waals surface area contributed by atoms with Crippen molar-refractivity contribution in [2.24, 2.45) is 11.7 Å². The van der Waals surface area contributed by atoms with Gasteiger partial charge in [0.15, 0.2) is 0 Å². The van der Waals surface area contributed by atoms with Gasteiger partial charge in [-0.3, -0.25) is 4.79 Å². The Balaban J connectivity index is 1.94. The third kappa shape index (κ3) is 5.43. The summed E-state index contributed by atoms with van der Waals surface area (Å²) < 4.78 is 32.3. The Bertz CT molecular complexity index is 703. The second kappa shape index (κ2) is 8.37. The van der Waals surface area contributed by atoms with Crippen molar-refractivity contribution in [1.82, 2.24) is 9.62 Å². The number of hydrogen-bond donors (Lipinski definition) is 2. The average molecular weight is 384 g/mol. The Kier molecular flexibility index (Phi) is 6.65. The molecule has 8 heteroatoms. The fraction of sp³-hybridized carbons (Fsp3) is 0.611. The van der Waals surface area contributed by atoms with Crippen LogP contribution in [0.3, 0.4) is 0 Å². The lowest BCUT2D eigenvalue weighted by molar-refractivity contribution is -0.126. The zero-order chi connectivity index (χ0) is 19.4. The Hall–Kier alpha value is -1.64. The molecule has 0 aliphatic carbocycles. The van der Waals surface area contributed by atoms with Gasteiger partial charge in [0.05, 0.1) is 11.5 Å². The molecule has 0 aromatic heterocycles. The van der Waals surface area contributed by atoms with Crippen molar-refractivity contribution in [3.63, 3.8) is 0 Å². The van der Waals surface area contributed by atoms with Crippen LogP contribution in [0.4, 0.5) is 0 Å². The first kappa shape index (κ1) is 20.7. The van der Waals surface area contributed by atoms with E-state index in [2.05, 4.69) is 5.32 Å². The van der Waals surface area contributed by atoms with Gasteiger partial charge in [0.1, 0.15) is 5.75 Å². The van der Waals surface area contributed by atoms with E-state index in [1.165, 1.54) is 4.31 Å². The van der Waals surface area contributed by atoms with Crippen LogP contribution in [0.2, 0.25) is 0 Å². The van der Waals surface area contributed by atoms with Crippen molar-refractivity contribution >= 4 is 15.9 Å². The number of nitrogens with two attached hydrogens (primary N) is 1. The molecule has 1 fully saturated rings. The Labute approximate surface area is 155 Å². The summed E-state index contributed by atoms with van der Waals surface area (Å²) in [4.78, 5) is 12.5. The monoisotopic (exact) mass is 383 g/mol. The summed E-state index contributed by atoms with van der Waals surface area (Å²) in [5.41, 5.74) is 5.41. The Morgan fingerprint density at radius 3 is 2.35 bits per heavy atom. The van der Waals surface area contributed by atoms with Crippen LogP contribution in [-0.2, 0) is 14.8 Å². The van der Waals surface area contributed by atoms with Gasteiger partial charge < -0.3 is 15.8 Å². The molecule has 0 saturated carbocycles. The van der Waals surface area contributed by atoms with E-state index in [-0.39, 0.29) is 16.7 Å². The van der Waals surface area contributed by atoms with Crippen molar-refractivity contribution in [2.75, 3.05) is 26.2 Å². The molecule has 1 aliphatic heterocycles. The number of amides is 1. The quantitative estimate of drug-likeness (QED) is 0.740. The highest BCUT2D eigenvalue weighted by atomic mass is 32.2. The van der Waals surface area contributed by atoms with Crippen molar-refractivity contribution in [2.45, 2.75) is 44.0 Å². The summed E-state index contributed by atoms with van der Waals surface area (Å²) in [6.45, 7) is 7.16. The first-order chi connectivity index (χ1) is 12.1. The molecule has 1 heterocycles. The molecule has 0 atom stereocenters. The van der Waals surface area contributed by atoms with Crippen LogP contribution in [0, 0.1) is 5.92 Å². The number of rotatable bonds is 7. The van der Waals surface area contributed by atoms with Gasteiger partial charge in [-0.15, -0.1) is 0 Å². The highest BCUT2D eigenvalue weighted by Crippen LogP contribution is 2.25. The molecule has 0 bridgehead atoms. The lowest BCUT2D eigenvalue weighted by atomic mass is 9.96. The molecule has 3 N–H and O–H groups in total. The largest absolute Gasteiger partial charge is 0.494 e. The van der Waals surface area contributed by atoms with E-state index in [9.17, 15) is 13.2 Å². The molecular formula is C18H29N3O4S. The number of carbonyl (C=O) groups excluding carboxylic acids is 1. The summed E-state index contributed by atoms with van der Waals surface area (Å²) in [6.07, 6.45) is 1.01. The summed E-state index contributed by atoms with van der Waals surface area (Å²) in [5.74, 6) is 0.412. The van der Waals surface area contributed by atoms with Gasteiger partial charge >= 0.3 is 0 Å². The van der Waals surface area contributed by atoms with Crippen LogP contribution in [0.5, 0.6) is 5.75 Å². The van der Waals surface area contributed by atoms with E-state index in [1.807, 2.05) is 20.8 Å². The molecule has 1 saturated heterocycles. The van der Waals surface area contributed by atoms with Crippen LogP contribution in [0.1, 0.15) is 33.6 Å². The maximum atomic E-state index is 12.8. The van der Waals surface area contributed by atoms with Crippen LogP contribution in [-0.4, -0.2) is 50.4 Å². The molecule has 2 rings (SSSR count). The molecule has 1 aromatic carbocycles. The first-order valence-electron chi connectivity index (χ1n) is 8.93. The van der Waals surface area contributed by atoms with Crippen LogP contribution < -0.4 is 15.8 Å². The number of nitrogens with one attached hydrogen (secondary N) is 1. The standard InChI is InChI=1S/C18H29N3O4S/c1-4-25-15-5-7-16(8-6-15)26(23,24)21-11-9-14(10-12-21)17(22)20-13-18(2,3)19/h5-8,14H,4,9-13,19H2,1-3H3,(H,20,22). The van der Waals surface area contributed by atoms with E-state index in [0.29, 0.717) is 44.8 Å². The van der Waals surface area contributed by atoms with Gasteiger partial charge in [0.2, 0.25) is 15.9 Å². The molecular weight excluding hydrogens is 354 g/mol. The van der Waals surface area contributed by atoms with Crippen molar-refractivity contribution < 1.29 is 17.9 Å². The Morgan fingerprint density at radius 1 is 1.27 bits per heavy atom. The van der Waals surface area contributed by atoms with Gasteiger partial charge in [-0.05, 0) is 57.9 Å². The van der Waals surface area contributed by atoms with Gasteiger partial charge in [-0.1, -0.05) is 0 Å². The smallest absolute Gasteiger partial charge is 0.243 e. The van der Waals surface area contributed by atoms with E-state index in [4.69, 9.17) is 10.5 Å². The molecule has 1 amide bonds. The Morgan fingerprint density at radius 2 is 1.85 bits per heavy atom. The highest BCUT2D eigenvalue weighted by molar-refractivity contribution is 7.89. The van der Waals surface area contributed by atoms with Gasteiger partial charge in [0.25, 0.3) is 0 Å². The molecule has 1 aliphatic rings. The van der Waals surface area contributed by atoms with Gasteiger partial charge in [-0.25, -0.2) is 8.42 Å². The maximum Gasteiger partial charge on any atom is 0.243 e. The van der Waals surface area contributed by atoms with E-state index >= 15 is 0 Å². The topological polar surface area (TPSA) is 102 Å². The van der Waals surface area contributed by atoms with E-state index in [0.717, 1.165) is 0 Å². The molecule has 0 radical (unpaired) electrons. The SMILES string of the molecule is CCOc1ccc(S(=O)(=O)N2CCC(C(=O)NCC(C)(C)N)CC2)cc1. The normalized spacial score (nSPS) is 17.1. The van der Waals surface area contributed by atoms with Crippen molar-refractivity contribution in [3.8, 4) is 5.75 Å². The zero-order valence-corrected chi connectivity index (χ0v) is 16.5. The first-order valence-corrected chi connectivity index (χ1v) is 10.4. The van der Waals surface area contributed by atoms with Gasteiger partial charge in [-0.2, -0.15) is 4.31 Å². The number of nitrogens with zero attached hydrogens (tertiary/aromatic N) is 1. The number of carbonyl (C=O) groups is 1. The summed E-state index contributed by atoms with van der Waals surface area (Å²) in [7, 11) is -3.55. The molecule has 26 heavy (non-hydrogen) atoms. The molecule has 0 spiro atoms. The third-order valence-corrected chi connectivity index (χ3v) is 6.23. The fourth-order valence-corrected chi connectivity index (χ4v) is 4.31. The third-order valence-electron chi connectivity index (χ3n) is 4.32. The lowest BCUT2D eigenvalue weighted by Crippen LogP contribution is -2.48. The number of benzene rings is 1. The van der Waals surface area contributed by atoms with Crippen molar-refractivity contribution in [1.29, 1.82) is 0 Å². The molecule has 1 aromatic rings. The second-order valence-electron chi connectivity index (χ2n) is 7.29. The number of hydrogen-bond acceptors (Lipinski definition) is 5. The lowest BCUT2D eigenvalue weighted by Gasteiger charge is -2.31. The van der Waals surface area contributed by atoms with Crippen LogP contribution in [0.15, 0.2) is 29.2 Å². The molecule has 0 unspecified atom stereocenters. The summed E-state index contributed by atoms with van der Waals surface area (Å²) >= 11 is 0. The predicted molar refractivity (Wildman–Crippen MR) is 100 cm³/mol. The second-order valence-corrected chi connectivity index (χ2v) is 9.23. The fourth-order valence-electron chi connectivity index (χ4n) is 2.84. The highest BCUT2D eigenvalue weighted by Gasteiger charge is 2.32. The predicted octanol–water partition coefficient (Wildman–Crippen LogP) is 1.34. The molecule has 7 nitrogen and oxygen atoms in total. The zero-order valence-electron chi connectivity index (χ0n) is 15.7. The van der Waals surface area contributed by atoms with Crippen molar-refractivity contribution in [3.05, 3.63) is 24.3 Å². The van der Waals surface area contributed by atoms with Crippen LogP contribution >= 0.6 is 0 Å². The summed E-state index contributed by atoms with van der Waals surface area (Å²) in [5, 5.41) is 2.85. The average Bonchev–Trinajstić information content (AvgIpc) is 2.60. The van der Waals surface area contributed by atoms with Crippen LogP contribution in [0.25, 0.3) is 0 Å². The minimum absolute atomic E-state index is 0.0540. The van der Waals surface area contributed by atoms with E-state index < -0.39 is 15.6 Å². The minimum Gasteiger partial charge on any atom is -0.494 e. The minimum atomic E-state index is -3.55. The molecule has 146 valence electrons.